The molecule has 3 nitrogen and oxygen atoms in total. The molecule has 3 heterocycles. The van der Waals surface area contributed by atoms with Crippen LogP contribution in [-0.2, 0) is 0 Å². The van der Waals surface area contributed by atoms with Crippen LogP contribution < -0.4 is 0 Å². The molecule has 0 amide bonds. The maximum absolute atomic E-state index is 6.96. The molecule has 52 heavy (non-hydrogen) atoms. The smallest absolute Gasteiger partial charge is 0.144 e. The monoisotopic (exact) mass is 663 g/mol. The Kier molecular flexibility index (Phi) is 6.25. The first-order valence-electron chi connectivity index (χ1n) is 17.6. The van der Waals surface area contributed by atoms with Crippen molar-refractivity contribution in [3.63, 3.8) is 0 Å². The Labute approximate surface area is 299 Å². The highest BCUT2D eigenvalue weighted by molar-refractivity contribution is 6.25. The van der Waals surface area contributed by atoms with Crippen molar-refractivity contribution in [3.8, 4) is 44.6 Å². The largest absolute Gasteiger partial charge is 0.455 e. The summed E-state index contributed by atoms with van der Waals surface area (Å²) in [5, 5.41) is 7.70. The molecule has 11 aromatic rings. The topological polar surface area (TPSA) is 39.2 Å². The summed E-state index contributed by atoms with van der Waals surface area (Å²) < 4.78 is 13.7. The number of furan rings is 2. The van der Waals surface area contributed by atoms with Crippen LogP contribution in [0.15, 0.2) is 185 Å². The predicted octanol–water partition coefficient (Wildman–Crippen LogP) is 13.9. The van der Waals surface area contributed by atoms with Gasteiger partial charge in [-0.3, -0.25) is 0 Å². The fourth-order valence-corrected chi connectivity index (χ4v) is 8.06. The SMILES string of the molecule is c1ccc(-c2nc3ccccc3c3c2ccc2c4cccc(-c5ccc(-c6cccc7c6oc6c(-c8ccccc8)cccc67)cc5)c4oc23)cc1. The average Bonchev–Trinajstić information content (AvgIpc) is 3.80. The third-order valence-corrected chi connectivity index (χ3v) is 10.5. The molecule has 242 valence electrons. The van der Waals surface area contributed by atoms with Crippen LogP contribution in [0.4, 0.5) is 0 Å². The van der Waals surface area contributed by atoms with Crippen molar-refractivity contribution in [2.75, 3.05) is 0 Å². The highest BCUT2D eigenvalue weighted by atomic mass is 16.3. The molecular weight excluding hydrogens is 635 g/mol. The third kappa shape index (κ3) is 4.30. The Balaban J connectivity index is 1.06. The zero-order valence-corrected chi connectivity index (χ0v) is 28.0. The van der Waals surface area contributed by atoms with E-state index < -0.39 is 0 Å². The number of nitrogens with zero attached hydrogens (tertiary/aromatic N) is 1. The molecule has 0 unspecified atom stereocenters. The molecule has 0 N–H and O–H groups in total. The summed E-state index contributed by atoms with van der Waals surface area (Å²) >= 11 is 0. The van der Waals surface area contributed by atoms with Gasteiger partial charge in [0.05, 0.1) is 11.2 Å². The first-order chi connectivity index (χ1) is 25.8. The standard InChI is InChI=1S/C49H29NO2/c1-3-12-30(13-4-1)34-17-9-20-37-38-21-10-18-35(47(38)51-46(34)37)31-24-26-32(27-25-31)36-19-11-22-39-40-28-29-42-44(49(40)52-48(36)39)41-16-7-8-23-43(41)50-45(42)33-14-5-2-6-15-33/h1-29H. The van der Waals surface area contributed by atoms with Crippen LogP contribution in [0.1, 0.15) is 0 Å². The van der Waals surface area contributed by atoms with E-state index in [1.807, 2.05) is 18.2 Å². The Bertz CT molecular complexity index is 3150. The van der Waals surface area contributed by atoms with Gasteiger partial charge in [0, 0.05) is 60.0 Å². The van der Waals surface area contributed by atoms with E-state index in [0.29, 0.717) is 0 Å². The van der Waals surface area contributed by atoms with E-state index in [1.165, 1.54) is 0 Å². The molecule has 0 spiro atoms. The molecule has 0 fully saturated rings. The predicted molar refractivity (Wildman–Crippen MR) is 216 cm³/mol. The lowest BCUT2D eigenvalue weighted by molar-refractivity contribution is 0.671. The molecule has 0 saturated heterocycles. The number of para-hydroxylation sites is 4. The number of rotatable bonds is 4. The molecular formula is C49H29NO2. The summed E-state index contributed by atoms with van der Waals surface area (Å²) in [6.07, 6.45) is 0. The number of fused-ring (bicyclic) bond motifs is 10. The van der Waals surface area contributed by atoms with Gasteiger partial charge >= 0.3 is 0 Å². The maximum Gasteiger partial charge on any atom is 0.144 e. The molecule has 0 radical (unpaired) electrons. The minimum atomic E-state index is 0.882. The highest BCUT2D eigenvalue weighted by Gasteiger charge is 2.20. The van der Waals surface area contributed by atoms with Gasteiger partial charge in [-0.1, -0.05) is 164 Å². The number of benzene rings is 8. The van der Waals surface area contributed by atoms with E-state index in [9.17, 15) is 0 Å². The lowest BCUT2D eigenvalue weighted by Gasteiger charge is -2.10. The molecule has 0 aliphatic carbocycles. The summed E-state index contributed by atoms with van der Waals surface area (Å²) in [5.74, 6) is 0. The third-order valence-electron chi connectivity index (χ3n) is 10.5. The molecule has 0 aliphatic heterocycles. The molecule has 0 bridgehead atoms. The van der Waals surface area contributed by atoms with Crippen LogP contribution in [0.2, 0.25) is 0 Å². The minimum absolute atomic E-state index is 0.882. The van der Waals surface area contributed by atoms with E-state index in [0.717, 1.165) is 110 Å². The fourth-order valence-electron chi connectivity index (χ4n) is 8.06. The van der Waals surface area contributed by atoms with E-state index in [2.05, 4.69) is 158 Å². The van der Waals surface area contributed by atoms with Crippen LogP contribution in [0.5, 0.6) is 0 Å². The Morgan fingerprint density at radius 3 is 1.29 bits per heavy atom. The number of hydrogen-bond donors (Lipinski definition) is 0. The summed E-state index contributed by atoms with van der Waals surface area (Å²) in [5.41, 5.74) is 13.2. The molecule has 3 aromatic heterocycles. The highest BCUT2D eigenvalue weighted by Crippen LogP contribution is 2.44. The summed E-state index contributed by atoms with van der Waals surface area (Å²) in [4.78, 5) is 5.13. The van der Waals surface area contributed by atoms with Crippen molar-refractivity contribution in [1.29, 1.82) is 0 Å². The Morgan fingerprint density at radius 1 is 0.288 bits per heavy atom. The second kappa shape index (κ2) is 11.3. The number of aromatic nitrogens is 1. The Morgan fingerprint density at radius 2 is 0.712 bits per heavy atom. The van der Waals surface area contributed by atoms with Gasteiger partial charge in [0.2, 0.25) is 0 Å². The van der Waals surface area contributed by atoms with Gasteiger partial charge in [-0.05, 0) is 28.8 Å². The van der Waals surface area contributed by atoms with Crippen molar-refractivity contribution in [1.82, 2.24) is 4.98 Å². The summed E-state index contributed by atoms with van der Waals surface area (Å²) in [6.45, 7) is 0. The second-order valence-electron chi connectivity index (χ2n) is 13.4. The van der Waals surface area contributed by atoms with E-state index in [-0.39, 0.29) is 0 Å². The Hall–Kier alpha value is -6.97. The quantitative estimate of drug-likeness (QED) is 0.176. The zero-order chi connectivity index (χ0) is 34.2. The average molecular weight is 664 g/mol. The van der Waals surface area contributed by atoms with Gasteiger partial charge in [-0.25, -0.2) is 4.98 Å². The lowest BCUT2D eigenvalue weighted by Crippen LogP contribution is -1.89. The van der Waals surface area contributed by atoms with Crippen molar-refractivity contribution in [3.05, 3.63) is 176 Å². The molecule has 0 atom stereocenters. The molecule has 11 rings (SSSR count). The normalized spacial score (nSPS) is 11.8. The fraction of sp³-hybridized carbons (Fsp3) is 0. The van der Waals surface area contributed by atoms with E-state index in [1.54, 1.807) is 0 Å². The van der Waals surface area contributed by atoms with E-state index >= 15 is 0 Å². The molecule has 0 aliphatic rings. The van der Waals surface area contributed by atoms with Crippen molar-refractivity contribution in [2.45, 2.75) is 0 Å². The number of hydrogen-bond acceptors (Lipinski definition) is 3. The zero-order valence-electron chi connectivity index (χ0n) is 28.0. The first kappa shape index (κ1) is 28.8. The number of pyridine rings is 1. The van der Waals surface area contributed by atoms with Gasteiger partial charge in [0.15, 0.2) is 0 Å². The second-order valence-corrected chi connectivity index (χ2v) is 13.4. The van der Waals surface area contributed by atoms with Crippen LogP contribution >= 0.6 is 0 Å². The van der Waals surface area contributed by atoms with Gasteiger partial charge in [-0.15, -0.1) is 0 Å². The van der Waals surface area contributed by atoms with Crippen molar-refractivity contribution in [2.24, 2.45) is 0 Å². The van der Waals surface area contributed by atoms with Gasteiger partial charge in [0.1, 0.15) is 22.3 Å². The van der Waals surface area contributed by atoms with Crippen LogP contribution in [0.25, 0.3) is 110 Å². The van der Waals surface area contributed by atoms with Crippen LogP contribution in [0, 0.1) is 0 Å². The van der Waals surface area contributed by atoms with Crippen LogP contribution in [0.3, 0.4) is 0 Å². The first-order valence-corrected chi connectivity index (χ1v) is 17.6. The van der Waals surface area contributed by atoms with Crippen molar-refractivity contribution >= 4 is 65.6 Å². The summed E-state index contributed by atoms with van der Waals surface area (Å²) in [7, 11) is 0. The van der Waals surface area contributed by atoms with Crippen molar-refractivity contribution < 1.29 is 8.83 Å². The molecule has 3 heteroatoms. The van der Waals surface area contributed by atoms with Gasteiger partial charge in [-0.2, -0.15) is 0 Å². The molecule has 0 saturated carbocycles. The van der Waals surface area contributed by atoms with E-state index in [4.69, 9.17) is 13.8 Å². The molecule has 8 aromatic carbocycles. The van der Waals surface area contributed by atoms with Gasteiger partial charge in [0.25, 0.3) is 0 Å². The van der Waals surface area contributed by atoms with Gasteiger partial charge < -0.3 is 8.83 Å². The maximum atomic E-state index is 6.96. The minimum Gasteiger partial charge on any atom is -0.455 e. The van der Waals surface area contributed by atoms with Crippen LogP contribution in [-0.4, -0.2) is 4.98 Å². The lowest BCUT2D eigenvalue weighted by atomic mass is 9.96. The summed E-state index contributed by atoms with van der Waals surface area (Å²) in [6, 6.07) is 61.7.